The topological polar surface area (TPSA) is 76.6 Å². The zero-order chi connectivity index (χ0) is 24.1. The number of carbonyl (C=O) groups is 1. The van der Waals surface area contributed by atoms with Crippen LogP contribution in [0.3, 0.4) is 0 Å². The van der Waals surface area contributed by atoms with E-state index in [9.17, 15) is 13.2 Å². The Morgan fingerprint density at radius 3 is 1.94 bits per heavy atom. The quantitative estimate of drug-likeness (QED) is 0.439. The van der Waals surface area contributed by atoms with Crippen LogP contribution in [0.2, 0.25) is 0 Å². The van der Waals surface area contributed by atoms with Crippen LogP contribution in [-0.4, -0.2) is 30.3 Å². The van der Waals surface area contributed by atoms with Gasteiger partial charge >= 0.3 is 5.97 Å². The van der Waals surface area contributed by atoms with Crippen LogP contribution < -0.4 is 0 Å². The fourth-order valence-electron chi connectivity index (χ4n) is 3.36. The Kier molecular flexibility index (Phi) is 7.66. The summed E-state index contributed by atoms with van der Waals surface area (Å²) in [5.74, 6) is -0.399. The molecule has 0 aliphatic heterocycles. The van der Waals surface area contributed by atoms with Crippen LogP contribution in [0.25, 0.3) is 0 Å². The highest BCUT2D eigenvalue weighted by molar-refractivity contribution is 7.89. The van der Waals surface area contributed by atoms with Gasteiger partial charge in [-0.2, -0.15) is 4.31 Å². The molecule has 0 atom stereocenters. The highest BCUT2D eigenvalue weighted by atomic mass is 32.2. The smallest absolute Gasteiger partial charge is 0.338 e. The van der Waals surface area contributed by atoms with Gasteiger partial charge < -0.3 is 4.74 Å². The number of sulfonamides is 1. The molecule has 0 saturated carbocycles. The molecule has 174 valence electrons. The van der Waals surface area contributed by atoms with Gasteiger partial charge in [0.15, 0.2) is 0 Å². The molecule has 0 radical (unpaired) electrons. The van der Waals surface area contributed by atoms with E-state index >= 15 is 0 Å². The monoisotopic (exact) mass is 466 g/mol. The molecular weight excluding hydrogens is 436 g/mol. The zero-order valence-electron chi connectivity index (χ0n) is 19.5. The number of carbonyl (C=O) groups excluding carboxylic acids is 1. The highest BCUT2D eigenvalue weighted by Gasteiger charge is 2.26. The van der Waals surface area contributed by atoms with Gasteiger partial charge in [-0.15, -0.1) is 0 Å². The van der Waals surface area contributed by atoms with Crippen molar-refractivity contribution in [1.29, 1.82) is 0 Å². The van der Waals surface area contributed by atoms with Crippen molar-refractivity contribution in [3.05, 3.63) is 95.3 Å². The largest absolute Gasteiger partial charge is 0.462 e. The SMILES string of the molecule is CCOC(=O)c1ccc(CN(Cc2ccncc2)S(=O)(=O)c2ccc(C(C)(C)C)cc2)cc1. The van der Waals surface area contributed by atoms with Crippen molar-refractivity contribution < 1.29 is 17.9 Å². The highest BCUT2D eigenvalue weighted by Crippen LogP contribution is 2.26. The molecule has 1 aromatic heterocycles. The minimum Gasteiger partial charge on any atom is -0.462 e. The van der Waals surface area contributed by atoms with E-state index in [0.717, 1.165) is 16.7 Å². The molecule has 2 aromatic carbocycles. The summed E-state index contributed by atoms with van der Waals surface area (Å²) in [6.45, 7) is 8.68. The molecule has 1 heterocycles. The standard InChI is InChI=1S/C26H30N2O4S/c1-5-32-25(29)22-8-6-20(7-9-22)18-28(19-21-14-16-27-17-15-21)33(30,31)24-12-10-23(11-13-24)26(2,3)4/h6-17H,5,18-19H2,1-4H3. The fourth-order valence-corrected chi connectivity index (χ4v) is 4.77. The third-order valence-electron chi connectivity index (χ3n) is 5.29. The van der Waals surface area contributed by atoms with E-state index in [1.54, 1.807) is 67.8 Å². The maximum absolute atomic E-state index is 13.6. The Morgan fingerprint density at radius 1 is 0.879 bits per heavy atom. The van der Waals surface area contributed by atoms with Gasteiger partial charge in [-0.05, 0) is 65.4 Å². The summed E-state index contributed by atoms with van der Waals surface area (Å²) in [7, 11) is -3.77. The van der Waals surface area contributed by atoms with Crippen molar-refractivity contribution in [1.82, 2.24) is 9.29 Å². The lowest BCUT2D eigenvalue weighted by molar-refractivity contribution is 0.0526. The van der Waals surface area contributed by atoms with Crippen LogP contribution in [0.15, 0.2) is 78.0 Å². The van der Waals surface area contributed by atoms with E-state index in [-0.39, 0.29) is 23.4 Å². The van der Waals surface area contributed by atoms with E-state index in [2.05, 4.69) is 25.8 Å². The van der Waals surface area contributed by atoms with E-state index in [1.807, 2.05) is 12.1 Å². The Morgan fingerprint density at radius 2 is 1.42 bits per heavy atom. The molecule has 3 aromatic rings. The number of ether oxygens (including phenoxy) is 1. The van der Waals surface area contributed by atoms with Crippen molar-refractivity contribution in [3.8, 4) is 0 Å². The minimum atomic E-state index is -3.77. The van der Waals surface area contributed by atoms with E-state index in [4.69, 9.17) is 4.74 Å². The third kappa shape index (κ3) is 6.27. The Balaban J connectivity index is 1.91. The van der Waals surface area contributed by atoms with E-state index < -0.39 is 16.0 Å². The summed E-state index contributed by atoms with van der Waals surface area (Å²) in [6.07, 6.45) is 3.29. The molecule has 7 heteroatoms. The first-order valence-corrected chi connectivity index (χ1v) is 12.3. The molecule has 0 fully saturated rings. The molecule has 3 rings (SSSR count). The molecule has 6 nitrogen and oxygen atoms in total. The van der Waals surface area contributed by atoms with Crippen molar-refractivity contribution >= 4 is 16.0 Å². The Bertz CT molecular complexity index is 1170. The fraction of sp³-hybridized carbons (Fsp3) is 0.308. The van der Waals surface area contributed by atoms with Crippen molar-refractivity contribution in [2.75, 3.05) is 6.61 Å². The molecular formula is C26H30N2O4S. The number of aromatic nitrogens is 1. The minimum absolute atomic E-state index is 0.0698. The second kappa shape index (κ2) is 10.3. The van der Waals surface area contributed by atoms with Crippen LogP contribution >= 0.6 is 0 Å². The van der Waals surface area contributed by atoms with E-state index in [1.165, 1.54) is 4.31 Å². The molecule has 0 saturated heterocycles. The summed E-state index contributed by atoms with van der Waals surface area (Å²) in [5, 5.41) is 0. The predicted octanol–water partition coefficient (Wildman–Crippen LogP) is 4.95. The summed E-state index contributed by atoms with van der Waals surface area (Å²) >= 11 is 0. The number of rotatable bonds is 8. The maximum Gasteiger partial charge on any atom is 0.338 e. The van der Waals surface area contributed by atoms with Crippen molar-refractivity contribution in [2.45, 2.75) is 51.1 Å². The van der Waals surface area contributed by atoms with Gasteiger partial charge in [0.2, 0.25) is 10.0 Å². The van der Waals surface area contributed by atoms with Gasteiger partial charge in [0.05, 0.1) is 17.1 Å². The van der Waals surface area contributed by atoms with Gasteiger partial charge in [0.25, 0.3) is 0 Å². The summed E-state index contributed by atoms with van der Waals surface area (Å²) in [5.41, 5.74) is 3.04. The molecule has 0 N–H and O–H groups in total. The molecule has 0 unspecified atom stereocenters. The van der Waals surface area contributed by atoms with Gasteiger partial charge in [-0.25, -0.2) is 13.2 Å². The van der Waals surface area contributed by atoms with Crippen molar-refractivity contribution in [2.24, 2.45) is 0 Å². The van der Waals surface area contributed by atoms with Gasteiger partial charge in [-0.1, -0.05) is 45.0 Å². The number of benzene rings is 2. The van der Waals surface area contributed by atoms with Crippen LogP contribution in [-0.2, 0) is 33.3 Å². The molecule has 0 aliphatic rings. The Labute approximate surface area is 196 Å². The maximum atomic E-state index is 13.6. The zero-order valence-corrected chi connectivity index (χ0v) is 20.3. The summed E-state index contributed by atoms with van der Waals surface area (Å²) < 4.78 is 33.7. The predicted molar refractivity (Wildman–Crippen MR) is 128 cm³/mol. The third-order valence-corrected chi connectivity index (χ3v) is 7.10. The number of esters is 1. The Hall–Kier alpha value is -3.03. The molecule has 0 spiro atoms. The summed E-state index contributed by atoms with van der Waals surface area (Å²) in [4.78, 5) is 16.2. The molecule has 33 heavy (non-hydrogen) atoms. The average molecular weight is 467 g/mol. The average Bonchev–Trinajstić information content (AvgIpc) is 2.79. The number of hydrogen-bond acceptors (Lipinski definition) is 5. The number of hydrogen-bond donors (Lipinski definition) is 0. The second-order valence-electron chi connectivity index (χ2n) is 8.82. The van der Waals surface area contributed by atoms with Crippen LogP contribution in [0, 0.1) is 0 Å². The van der Waals surface area contributed by atoms with Crippen LogP contribution in [0.4, 0.5) is 0 Å². The van der Waals surface area contributed by atoms with Crippen molar-refractivity contribution in [3.63, 3.8) is 0 Å². The number of pyridine rings is 1. The number of nitrogens with zero attached hydrogens (tertiary/aromatic N) is 2. The normalized spacial score (nSPS) is 12.0. The van der Waals surface area contributed by atoms with Crippen LogP contribution in [0.5, 0.6) is 0 Å². The van der Waals surface area contributed by atoms with Gasteiger partial charge in [0.1, 0.15) is 0 Å². The second-order valence-corrected chi connectivity index (χ2v) is 10.8. The molecule has 0 bridgehead atoms. The lowest BCUT2D eigenvalue weighted by Crippen LogP contribution is -2.30. The first-order valence-electron chi connectivity index (χ1n) is 10.9. The molecule has 0 aliphatic carbocycles. The van der Waals surface area contributed by atoms with Gasteiger partial charge in [0, 0.05) is 25.5 Å². The van der Waals surface area contributed by atoms with E-state index in [0.29, 0.717) is 12.2 Å². The van der Waals surface area contributed by atoms with Crippen LogP contribution in [0.1, 0.15) is 54.7 Å². The first kappa shape index (κ1) is 24.6. The lowest BCUT2D eigenvalue weighted by atomic mass is 9.87. The first-order chi connectivity index (χ1) is 15.6. The van der Waals surface area contributed by atoms with Gasteiger partial charge in [-0.3, -0.25) is 4.98 Å². The summed E-state index contributed by atoms with van der Waals surface area (Å²) in [6, 6.07) is 17.5. The lowest BCUT2D eigenvalue weighted by Gasteiger charge is -2.24. The molecule has 0 amide bonds.